The molecule has 4 nitrogen and oxygen atoms in total. The molecule has 2 aromatic heterocycles. The number of hydrogen-bond donors (Lipinski definition) is 1. The van der Waals surface area contributed by atoms with Gasteiger partial charge in [0.25, 0.3) is 0 Å². The van der Waals surface area contributed by atoms with Crippen molar-refractivity contribution >= 4 is 5.65 Å². The summed E-state index contributed by atoms with van der Waals surface area (Å²) in [4.78, 5) is 7.24. The molecule has 1 N–H and O–H groups in total. The molecule has 1 atom stereocenters. The third-order valence-electron chi connectivity index (χ3n) is 4.31. The fourth-order valence-electron chi connectivity index (χ4n) is 3.24. The molecule has 1 fully saturated rings. The molecule has 4 heteroatoms. The molecule has 0 aromatic carbocycles. The molecule has 1 unspecified atom stereocenters. The molecule has 3 heterocycles. The van der Waals surface area contributed by atoms with E-state index in [1.165, 1.54) is 18.5 Å². The fourth-order valence-corrected chi connectivity index (χ4v) is 3.24. The lowest BCUT2D eigenvalue weighted by atomic mass is 10.1. The van der Waals surface area contributed by atoms with Crippen LogP contribution in [0.15, 0.2) is 24.4 Å². The molecule has 108 valence electrons. The third-order valence-corrected chi connectivity index (χ3v) is 4.31. The molecule has 1 aliphatic rings. The van der Waals surface area contributed by atoms with E-state index in [1.54, 1.807) is 0 Å². The van der Waals surface area contributed by atoms with Gasteiger partial charge in [0.15, 0.2) is 0 Å². The van der Waals surface area contributed by atoms with E-state index < -0.39 is 0 Å². The summed E-state index contributed by atoms with van der Waals surface area (Å²) in [6.07, 6.45) is 6.69. The van der Waals surface area contributed by atoms with Crippen molar-refractivity contribution in [2.24, 2.45) is 0 Å². The zero-order chi connectivity index (χ0) is 13.9. The van der Waals surface area contributed by atoms with Crippen molar-refractivity contribution in [2.45, 2.75) is 45.2 Å². The minimum atomic E-state index is 0.303. The first-order valence-electron chi connectivity index (χ1n) is 7.56. The van der Waals surface area contributed by atoms with Crippen LogP contribution >= 0.6 is 0 Å². The molecule has 3 rings (SSSR count). The largest absolute Gasteiger partial charge is 0.396 e. The zero-order valence-electron chi connectivity index (χ0n) is 12.1. The van der Waals surface area contributed by atoms with Crippen LogP contribution in [-0.4, -0.2) is 38.6 Å². The van der Waals surface area contributed by atoms with Gasteiger partial charge in [0.05, 0.1) is 5.69 Å². The van der Waals surface area contributed by atoms with Crippen LogP contribution in [0.5, 0.6) is 0 Å². The smallest absolute Gasteiger partial charge is 0.137 e. The Bertz CT molecular complexity index is 578. The average molecular weight is 273 g/mol. The highest BCUT2D eigenvalue weighted by Gasteiger charge is 2.24. The van der Waals surface area contributed by atoms with Crippen LogP contribution in [0.1, 0.15) is 37.1 Å². The summed E-state index contributed by atoms with van der Waals surface area (Å²) in [5.41, 5.74) is 3.40. The summed E-state index contributed by atoms with van der Waals surface area (Å²) < 4.78 is 2.16. The highest BCUT2D eigenvalue weighted by atomic mass is 16.2. The first-order chi connectivity index (χ1) is 9.78. The molecule has 0 saturated carbocycles. The van der Waals surface area contributed by atoms with Crippen LogP contribution in [0.2, 0.25) is 0 Å². The monoisotopic (exact) mass is 273 g/mol. The Morgan fingerprint density at radius 3 is 3.10 bits per heavy atom. The van der Waals surface area contributed by atoms with Crippen molar-refractivity contribution < 1.29 is 5.11 Å². The second-order valence-electron chi connectivity index (χ2n) is 5.76. The minimum absolute atomic E-state index is 0.303. The van der Waals surface area contributed by atoms with E-state index in [0.29, 0.717) is 12.6 Å². The molecular weight excluding hydrogens is 250 g/mol. The van der Waals surface area contributed by atoms with Crippen molar-refractivity contribution in [2.75, 3.05) is 13.2 Å². The van der Waals surface area contributed by atoms with Crippen molar-refractivity contribution in [3.05, 3.63) is 35.8 Å². The average Bonchev–Trinajstić information content (AvgIpc) is 3.04. The number of aromatic nitrogens is 2. The number of aliphatic hydroxyl groups is 1. The van der Waals surface area contributed by atoms with Crippen molar-refractivity contribution in [3.8, 4) is 0 Å². The Morgan fingerprint density at radius 1 is 1.40 bits per heavy atom. The minimum Gasteiger partial charge on any atom is -0.396 e. The second kappa shape index (κ2) is 5.94. The van der Waals surface area contributed by atoms with E-state index in [-0.39, 0.29) is 0 Å². The molecule has 0 radical (unpaired) electrons. The number of hydrogen-bond acceptors (Lipinski definition) is 3. The lowest BCUT2D eigenvalue weighted by Gasteiger charge is -2.23. The number of rotatable bonds is 5. The van der Waals surface area contributed by atoms with Gasteiger partial charge in [-0.15, -0.1) is 0 Å². The lowest BCUT2D eigenvalue weighted by Crippen LogP contribution is -2.29. The van der Waals surface area contributed by atoms with Gasteiger partial charge in [-0.3, -0.25) is 4.90 Å². The maximum absolute atomic E-state index is 8.99. The van der Waals surface area contributed by atoms with E-state index in [1.807, 2.05) is 0 Å². The van der Waals surface area contributed by atoms with E-state index in [0.717, 1.165) is 37.3 Å². The zero-order valence-corrected chi connectivity index (χ0v) is 12.1. The molecule has 0 bridgehead atoms. The van der Waals surface area contributed by atoms with E-state index in [2.05, 4.69) is 40.6 Å². The Kier molecular flexibility index (Phi) is 4.03. The number of aliphatic hydroxyl groups excluding tert-OH is 1. The van der Waals surface area contributed by atoms with Gasteiger partial charge < -0.3 is 9.51 Å². The van der Waals surface area contributed by atoms with Crippen LogP contribution in [0, 0.1) is 6.92 Å². The third kappa shape index (κ3) is 2.72. The quantitative estimate of drug-likeness (QED) is 0.909. The van der Waals surface area contributed by atoms with Crippen LogP contribution in [0.25, 0.3) is 5.65 Å². The van der Waals surface area contributed by atoms with Crippen LogP contribution in [-0.2, 0) is 6.54 Å². The topological polar surface area (TPSA) is 40.8 Å². The first kappa shape index (κ1) is 13.6. The first-order valence-corrected chi connectivity index (χ1v) is 7.56. The number of imidazole rings is 1. The molecular formula is C16H23N3O. The SMILES string of the molecule is Cc1cccc2nc(CN3CCCC3CCCO)cn12. The number of nitrogens with zero attached hydrogens (tertiary/aromatic N) is 3. The standard InChI is InChI=1S/C16H23N3O/c1-13-5-2-8-16-17-14(12-19(13)16)11-18-9-3-6-15(18)7-4-10-20/h2,5,8,12,15,20H,3-4,6-7,9-11H2,1H3. The summed E-state index contributed by atoms with van der Waals surface area (Å²) in [7, 11) is 0. The lowest BCUT2D eigenvalue weighted by molar-refractivity contribution is 0.208. The molecule has 20 heavy (non-hydrogen) atoms. The summed E-state index contributed by atoms with van der Waals surface area (Å²) >= 11 is 0. The summed E-state index contributed by atoms with van der Waals surface area (Å²) in [6.45, 7) is 4.50. The Hall–Kier alpha value is -1.39. The predicted octanol–water partition coefficient (Wildman–Crippen LogP) is 2.38. The highest BCUT2D eigenvalue weighted by molar-refractivity contribution is 5.41. The summed E-state index contributed by atoms with van der Waals surface area (Å²) in [5, 5.41) is 8.99. The van der Waals surface area contributed by atoms with Crippen molar-refractivity contribution in [1.29, 1.82) is 0 Å². The molecule has 2 aromatic rings. The van der Waals surface area contributed by atoms with Crippen LogP contribution in [0.4, 0.5) is 0 Å². The molecule has 1 saturated heterocycles. The normalized spacial score (nSPS) is 20.0. The number of pyridine rings is 1. The van der Waals surface area contributed by atoms with Crippen molar-refractivity contribution in [3.63, 3.8) is 0 Å². The van der Waals surface area contributed by atoms with Gasteiger partial charge in [0.1, 0.15) is 5.65 Å². The van der Waals surface area contributed by atoms with Gasteiger partial charge in [0.2, 0.25) is 0 Å². The van der Waals surface area contributed by atoms with Gasteiger partial charge in [-0.05, 0) is 51.3 Å². The highest BCUT2D eigenvalue weighted by Crippen LogP contribution is 2.23. The van der Waals surface area contributed by atoms with Crippen molar-refractivity contribution in [1.82, 2.24) is 14.3 Å². The van der Waals surface area contributed by atoms with Crippen LogP contribution in [0.3, 0.4) is 0 Å². The van der Waals surface area contributed by atoms with E-state index in [4.69, 9.17) is 10.1 Å². The van der Waals surface area contributed by atoms with Gasteiger partial charge in [-0.2, -0.15) is 0 Å². The molecule has 0 aliphatic carbocycles. The maximum atomic E-state index is 8.99. The van der Waals surface area contributed by atoms with Gasteiger partial charge in [0, 0.05) is 31.1 Å². The van der Waals surface area contributed by atoms with Gasteiger partial charge >= 0.3 is 0 Å². The van der Waals surface area contributed by atoms with Crippen LogP contribution < -0.4 is 0 Å². The molecule has 0 amide bonds. The Labute approximate surface area is 120 Å². The molecule has 1 aliphatic heterocycles. The number of fused-ring (bicyclic) bond motifs is 1. The van der Waals surface area contributed by atoms with Gasteiger partial charge in [-0.1, -0.05) is 6.07 Å². The second-order valence-corrected chi connectivity index (χ2v) is 5.76. The summed E-state index contributed by atoms with van der Waals surface area (Å²) in [5.74, 6) is 0. The van der Waals surface area contributed by atoms with E-state index in [9.17, 15) is 0 Å². The Balaban J connectivity index is 1.73. The number of likely N-dealkylation sites (tertiary alicyclic amines) is 1. The fraction of sp³-hybridized carbons (Fsp3) is 0.562. The van der Waals surface area contributed by atoms with E-state index >= 15 is 0 Å². The maximum Gasteiger partial charge on any atom is 0.137 e. The molecule has 0 spiro atoms. The number of aryl methyl sites for hydroxylation is 1. The predicted molar refractivity (Wildman–Crippen MR) is 79.7 cm³/mol. The van der Waals surface area contributed by atoms with Gasteiger partial charge in [-0.25, -0.2) is 4.98 Å². The summed E-state index contributed by atoms with van der Waals surface area (Å²) in [6, 6.07) is 6.84. The Morgan fingerprint density at radius 2 is 2.30 bits per heavy atom.